The molecule has 80 valence electrons. The molecule has 0 radical (unpaired) electrons. The number of aryl methyl sites for hydroxylation is 1. The van der Waals surface area contributed by atoms with Gasteiger partial charge in [0, 0.05) is 6.42 Å². The lowest BCUT2D eigenvalue weighted by Crippen LogP contribution is -2.04. The summed E-state index contributed by atoms with van der Waals surface area (Å²) >= 11 is 0. The molecule has 1 fully saturated rings. The predicted molar refractivity (Wildman–Crippen MR) is 56.0 cm³/mol. The maximum atomic E-state index is 11.3. The Bertz CT molecular complexity index is 380. The number of methoxy groups -OCH3 is 1. The lowest BCUT2D eigenvalue weighted by atomic mass is 10.0. The molecule has 1 heterocycles. The average Bonchev–Trinajstić information content (AvgIpc) is 3.01. The van der Waals surface area contributed by atoms with Crippen molar-refractivity contribution in [2.45, 2.75) is 19.4 Å². The van der Waals surface area contributed by atoms with Gasteiger partial charge in [-0.1, -0.05) is 12.1 Å². The third-order valence-corrected chi connectivity index (χ3v) is 2.56. The summed E-state index contributed by atoms with van der Waals surface area (Å²) < 4.78 is 9.85. The predicted octanol–water partition coefficient (Wildman–Crippen LogP) is 1.72. The molecule has 0 amide bonds. The normalized spacial score (nSPS) is 18.7. The molecule has 1 saturated heterocycles. The maximum Gasteiger partial charge on any atom is 0.338 e. The van der Waals surface area contributed by atoms with Crippen molar-refractivity contribution in [1.29, 1.82) is 0 Å². The first-order chi connectivity index (χ1) is 7.20. The summed E-state index contributed by atoms with van der Waals surface area (Å²) in [7, 11) is 1.40. The van der Waals surface area contributed by atoms with Gasteiger partial charge in [-0.15, -0.1) is 0 Å². The summed E-state index contributed by atoms with van der Waals surface area (Å²) in [6, 6.07) is 5.80. The van der Waals surface area contributed by atoms with E-state index in [-0.39, 0.29) is 5.97 Å². The lowest BCUT2D eigenvalue weighted by molar-refractivity contribution is 0.0600. The Morgan fingerprint density at radius 3 is 2.87 bits per heavy atom. The SMILES string of the molecule is COC(=O)c1ccc(CC2CO2)cc1C. The van der Waals surface area contributed by atoms with Gasteiger partial charge in [-0.2, -0.15) is 0 Å². The number of benzene rings is 1. The van der Waals surface area contributed by atoms with Crippen molar-refractivity contribution in [2.24, 2.45) is 0 Å². The molecule has 1 aliphatic heterocycles. The van der Waals surface area contributed by atoms with Crippen LogP contribution >= 0.6 is 0 Å². The molecular formula is C12H14O3. The number of epoxide rings is 1. The smallest absolute Gasteiger partial charge is 0.338 e. The highest BCUT2D eigenvalue weighted by molar-refractivity contribution is 5.90. The van der Waals surface area contributed by atoms with E-state index < -0.39 is 0 Å². The quantitative estimate of drug-likeness (QED) is 0.558. The van der Waals surface area contributed by atoms with Gasteiger partial charge in [0.1, 0.15) is 0 Å². The van der Waals surface area contributed by atoms with Gasteiger partial charge in [0.25, 0.3) is 0 Å². The molecule has 2 rings (SSSR count). The van der Waals surface area contributed by atoms with Gasteiger partial charge in [0.2, 0.25) is 0 Å². The minimum atomic E-state index is -0.276. The number of esters is 1. The molecule has 1 aliphatic rings. The number of carbonyl (C=O) groups excluding carboxylic acids is 1. The fourth-order valence-electron chi connectivity index (χ4n) is 1.64. The highest BCUT2D eigenvalue weighted by Crippen LogP contribution is 2.19. The molecule has 0 N–H and O–H groups in total. The molecule has 0 bridgehead atoms. The fourth-order valence-corrected chi connectivity index (χ4v) is 1.64. The minimum Gasteiger partial charge on any atom is -0.465 e. The second-order valence-corrected chi connectivity index (χ2v) is 3.80. The highest BCUT2D eigenvalue weighted by atomic mass is 16.6. The van der Waals surface area contributed by atoms with E-state index in [4.69, 9.17) is 4.74 Å². The van der Waals surface area contributed by atoms with E-state index in [1.54, 1.807) is 0 Å². The molecule has 0 aliphatic carbocycles. The summed E-state index contributed by atoms with van der Waals surface area (Å²) in [5, 5.41) is 0. The molecule has 0 saturated carbocycles. The molecule has 3 nitrogen and oxygen atoms in total. The Kier molecular flexibility index (Phi) is 2.73. The van der Waals surface area contributed by atoms with Gasteiger partial charge >= 0.3 is 5.97 Å². The van der Waals surface area contributed by atoms with Gasteiger partial charge in [0.15, 0.2) is 0 Å². The Morgan fingerprint density at radius 1 is 1.60 bits per heavy atom. The number of hydrogen-bond donors (Lipinski definition) is 0. The van der Waals surface area contributed by atoms with E-state index in [1.165, 1.54) is 12.7 Å². The van der Waals surface area contributed by atoms with Crippen LogP contribution in [-0.4, -0.2) is 25.8 Å². The van der Waals surface area contributed by atoms with Crippen LogP contribution in [0.3, 0.4) is 0 Å². The second-order valence-electron chi connectivity index (χ2n) is 3.80. The van der Waals surface area contributed by atoms with Crippen molar-refractivity contribution < 1.29 is 14.3 Å². The van der Waals surface area contributed by atoms with E-state index in [9.17, 15) is 4.79 Å². The molecule has 0 spiro atoms. The topological polar surface area (TPSA) is 38.8 Å². The summed E-state index contributed by atoms with van der Waals surface area (Å²) in [4.78, 5) is 11.3. The van der Waals surface area contributed by atoms with Crippen molar-refractivity contribution in [3.8, 4) is 0 Å². The Hall–Kier alpha value is -1.35. The Balaban J connectivity index is 2.17. The van der Waals surface area contributed by atoms with Gasteiger partial charge in [0.05, 0.1) is 25.4 Å². The van der Waals surface area contributed by atoms with Gasteiger partial charge in [-0.05, 0) is 24.1 Å². The summed E-state index contributed by atoms with van der Waals surface area (Å²) in [5.41, 5.74) is 2.81. The average molecular weight is 206 g/mol. The van der Waals surface area contributed by atoms with Crippen LogP contribution in [0.5, 0.6) is 0 Å². The third-order valence-electron chi connectivity index (χ3n) is 2.56. The number of rotatable bonds is 3. The highest BCUT2D eigenvalue weighted by Gasteiger charge is 2.22. The summed E-state index contributed by atoms with van der Waals surface area (Å²) in [6.07, 6.45) is 1.32. The molecule has 1 aromatic rings. The standard InChI is InChI=1S/C12H14O3/c1-8-5-9(6-10-7-15-10)3-4-11(8)12(13)14-2/h3-5,10H,6-7H2,1-2H3. The molecule has 1 aromatic carbocycles. The number of hydrogen-bond acceptors (Lipinski definition) is 3. The monoisotopic (exact) mass is 206 g/mol. The van der Waals surface area contributed by atoms with Crippen molar-refractivity contribution in [3.63, 3.8) is 0 Å². The summed E-state index contributed by atoms with van der Waals surface area (Å²) in [5.74, 6) is -0.276. The second kappa shape index (κ2) is 4.03. The van der Waals surface area contributed by atoms with Crippen molar-refractivity contribution in [1.82, 2.24) is 0 Å². The first-order valence-corrected chi connectivity index (χ1v) is 5.00. The van der Waals surface area contributed by atoms with Crippen LogP contribution in [0, 0.1) is 6.92 Å². The van der Waals surface area contributed by atoms with Gasteiger partial charge < -0.3 is 9.47 Å². The van der Waals surface area contributed by atoms with Crippen molar-refractivity contribution in [2.75, 3.05) is 13.7 Å². The largest absolute Gasteiger partial charge is 0.465 e. The van der Waals surface area contributed by atoms with Crippen LogP contribution in [0.15, 0.2) is 18.2 Å². The third kappa shape index (κ3) is 2.36. The summed E-state index contributed by atoms with van der Waals surface area (Å²) in [6.45, 7) is 2.78. The Morgan fingerprint density at radius 2 is 2.33 bits per heavy atom. The number of carbonyl (C=O) groups is 1. The zero-order chi connectivity index (χ0) is 10.8. The zero-order valence-electron chi connectivity index (χ0n) is 8.95. The van der Waals surface area contributed by atoms with Crippen LogP contribution < -0.4 is 0 Å². The van der Waals surface area contributed by atoms with Gasteiger partial charge in [-0.3, -0.25) is 0 Å². The van der Waals surface area contributed by atoms with Gasteiger partial charge in [-0.25, -0.2) is 4.79 Å². The van der Waals surface area contributed by atoms with E-state index in [2.05, 4.69) is 4.74 Å². The lowest BCUT2D eigenvalue weighted by Gasteiger charge is -2.05. The number of ether oxygens (including phenoxy) is 2. The molecule has 15 heavy (non-hydrogen) atoms. The minimum absolute atomic E-state index is 0.276. The molecule has 3 heteroatoms. The van der Waals surface area contributed by atoms with Crippen molar-refractivity contribution >= 4 is 5.97 Å². The van der Waals surface area contributed by atoms with E-state index >= 15 is 0 Å². The molecular weight excluding hydrogens is 192 g/mol. The first-order valence-electron chi connectivity index (χ1n) is 5.00. The van der Waals surface area contributed by atoms with E-state index in [0.717, 1.165) is 18.6 Å². The molecule has 1 unspecified atom stereocenters. The van der Waals surface area contributed by atoms with Crippen LogP contribution in [0.1, 0.15) is 21.5 Å². The molecule has 1 atom stereocenters. The van der Waals surface area contributed by atoms with Crippen molar-refractivity contribution in [3.05, 3.63) is 34.9 Å². The zero-order valence-corrected chi connectivity index (χ0v) is 8.95. The Labute approximate surface area is 89.0 Å². The first kappa shape index (κ1) is 10.2. The van der Waals surface area contributed by atoms with Crippen LogP contribution in [0.25, 0.3) is 0 Å². The van der Waals surface area contributed by atoms with E-state index in [0.29, 0.717) is 11.7 Å². The van der Waals surface area contributed by atoms with E-state index in [1.807, 2.05) is 25.1 Å². The van der Waals surface area contributed by atoms with Crippen LogP contribution in [-0.2, 0) is 15.9 Å². The fraction of sp³-hybridized carbons (Fsp3) is 0.417. The molecule has 0 aromatic heterocycles. The van der Waals surface area contributed by atoms with Crippen LogP contribution in [0.4, 0.5) is 0 Å². The van der Waals surface area contributed by atoms with Crippen LogP contribution in [0.2, 0.25) is 0 Å². The maximum absolute atomic E-state index is 11.3.